The van der Waals surface area contributed by atoms with Crippen molar-refractivity contribution in [1.29, 1.82) is 0 Å². The molecule has 0 unspecified atom stereocenters. The molecule has 13 nitrogen and oxygen atoms in total. The number of pyridine rings is 1. The molecule has 1 atom stereocenters. The third-order valence-electron chi connectivity index (χ3n) is 6.60. The lowest BCUT2D eigenvalue weighted by molar-refractivity contribution is 0.142. The SMILES string of the molecule is Cc1cc(N2CCN(C(=O)O)CC2)ncc1NC(=O)N1CCN(c2nc(N)nc3scnc23)[C@@H](C)C1. The molecular formula is C22H28N10O3S. The number of carbonyl (C=O) groups excluding carboxylic acids is 1. The van der Waals surface area contributed by atoms with Crippen LogP contribution in [-0.2, 0) is 0 Å². The number of carbonyl (C=O) groups is 2. The fraction of sp³-hybridized carbons (Fsp3) is 0.455. The van der Waals surface area contributed by atoms with E-state index in [0.29, 0.717) is 57.3 Å². The Morgan fingerprint density at radius 3 is 2.56 bits per heavy atom. The molecule has 4 N–H and O–H groups in total. The Bertz CT molecular complexity index is 1290. The van der Waals surface area contributed by atoms with Crippen molar-refractivity contribution in [2.75, 3.05) is 66.7 Å². The number of nitrogens with one attached hydrogen (secondary N) is 1. The molecule has 14 heteroatoms. The van der Waals surface area contributed by atoms with Crippen molar-refractivity contribution >= 4 is 57.1 Å². The van der Waals surface area contributed by atoms with Crippen molar-refractivity contribution in [3.8, 4) is 0 Å². The van der Waals surface area contributed by atoms with E-state index >= 15 is 0 Å². The second kappa shape index (κ2) is 9.60. The second-order valence-electron chi connectivity index (χ2n) is 8.94. The zero-order chi connectivity index (χ0) is 25.4. The summed E-state index contributed by atoms with van der Waals surface area (Å²) in [4.78, 5) is 49.9. The van der Waals surface area contributed by atoms with Gasteiger partial charge in [0.1, 0.15) is 11.3 Å². The van der Waals surface area contributed by atoms with Crippen LogP contribution in [0.2, 0.25) is 0 Å². The maximum Gasteiger partial charge on any atom is 0.407 e. The van der Waals surface area contributed by atoms with Crippen LogP contribution in [0.15, 0.2) is 17.8 Å². The Kier molecular flexibility index (Phi) is 6.35. The van der Waals surface area contributed by atoms with Gasteiger partial charge in [0.25, 0.3) is 0 Å². The molecule has 0 bridgehead atoms. The number of hydrogen-bond donors (Lipinski definition) is 3. The van der Waals surface area contributed by atoms with Crippen molar-refractivity contribution in [2.45, 2.75) is 19.9 Å². The van der Waals surface area contributed by atoms with Gasteiger partial charge in [-0.05, 0) is 25.5 Å². The van der Waals surface area contributed by atoms with Gasteiger partial charge in [-0.2, -0.15) is 4.98 Å². The third-order valence-corrected chi connectivity index (χ3v) is 7.31. The van der Waals surface area contributed by atoms with Gasteiger partial charge in [0.15, 0.2) is 10.6 Å². The van der Waals surface area contributed by atoms with E-state index in [9.17, 15) is 9.59 Å². The number of aromatic nitrogens is 4. The maximum absolute atomic E-state index is 13.1. The summed E-state index contributed by atoms with van der Waals surface area (Å²) >= 11 is 1.42. The lowest BCUT2D eigenvalue weighted by atomic mass is 10.2. The van der Waals surface area contributed by atoms with Crippen LogP contribution in [0.4, 0.5) is 32.9 Å². The zero-order valence-electron chi connectivity index (χ0n) is 20.1. The first-order valence-electron chi connectivity index (χ1n) is 11.7. The number of rotatable bonds is 3. The topological polar surface area (TPSA) is 157 Å². The first kappa shape index (κ1) is 23.8. The average Bonchev–Trinajstić information content (AvgIpc) is 3.33. The molecule has 2 aliphatic rings. The molecule has 190 valence electrons. The van der Waals surface area contributed by atoms with Gasteiger partial charge in [-0.1, -0.05) is 0 Å². The van der Waals surface area contributed by atoms with Gasteiger partial charge in [-0.15, -0.1) is 11.3 Å². The molecule has 2 fully saturated rings. The monoisotopic (exact) mass is 512 g/mol. The summed E-state index contributed by atoms with van der Waals surface area (Å²) in [7, 11) is 0. The van der Waals surface area contributed by atoms with Gasteiger partial charge in [0.2, 0.25) is 5.95 Å². The summed E-state index contributed by atoms with van der Waals surface area (Å²) in [5.41, 5.74) is 9.91. The number of fused-ring (bicyclic) bond motifs is 1. The van der Waals surface area contributed by atoms with Gasteiger partial charge in [-0.25, -0.2) is 24.5 Å². The number of nitrogen functional groups attached to an aromatic ring is 1. The lowest BCUT2D eigenvalue weighted by Crippen LogP contribution is -2.55. The summed E-state index contributed by atoms with van der Waals surface area (Å²) in [5, 5.41) is 12.1. The summed E-state index contributed by atoms with van der Waals surface area (Å²) in [5.74, 6) is 1.69. The van der Waals surface area contributed by atoms with Crippen molar-refractivity contribution in [2.24, 2.45) is 0 Å². The molecule has 5 rings (SSSR count). The van der Waals surface area contributed by atoms with E-state index in [4.69, 9.17) is 10.8 Å². The van der Waals surface area contributed by atoms with Crippen LogP contribution in [0, 0.1) is 6.92 Å². The van der Waals surface area contributed by atoms with Gasteiger partial charge in [0, 0.05) is 51.9 Å². The molecule has 5 heterocycles. The standard InChI is InChI=1S/C22H28N10O3S/c1-13-9-16(29-3-5-30(6-4-29)22(34)35)24-10-15(13)26-21(33)31-7-8-32(14(2)11-31)18-17-19(36-12-25-17)28-20(23)27-18/h9-10,12,14H,3-8,11H2,1-2H3,(H,26,33)(H,34,35)(H2,23,27,28)/t14-/m0/s1. The molecule has 2 saturated heterocycles. The number of hydrogen-bond acceptors (Lipinski definition) is 10. The Labute approximate surface area is 211 Å². The lowest BCUT2D eigenvalue weighted by Gasteiger charge is -2.40. The number of piperazine rings is 2. The van der Waals surface area contributed by atoms with Crippen LogP contribution in [-0.4, -0.2) is 98.8 Å². The van der Waals surface area contributed by atoms with Crippen LogP contribution in [0.3, 0.4) is 0 Å². The normalized spacial score (nSPS) is 18.6. The fourth-order valence-corrected chi connectivity index (χ4v) is 5.25. The van der Waals surface area contributed by atoms with E-state index in [1.165, 1.54) is 16.2 Å². The average molecular weight is 513 g/mol. The van der Waals surface area contributed by atoms with Crippen LogP contribution >= 0.6 is 11.3 Å². The van der Waals surface area contributed by atoms with E-state index in [-0.39, 0.29) is 18.0 Å². The van der Waals surface area contributed by atoms with E-state index in [2.05, 4.69) is 35.1 Å². The zero-order valence-corrected chi connectivity index (χ0v) is 20.9. The molecule has 36 heavy (non-hydrogen) atoms. The number of aryl methyl sites for hydroxylation is 1. The molecule has 0 spiro atoms. The van der Waals surface area contributed by atoms with E-state index in [1.807, 2.05) is 19.9 Å². The molecule has 0 radical (unpaired) electrons. The van der Waals surface area contributed by atoms with Crippen molar-refractivity contribution < 1.29 is 14.7 Å². The summed E-state index contributed by atoms with van der Waals surface area (Å²) < 4.78 is 0. The highest BCUT2D eigenvalue weighted by Gasteiger charge is 2.30. The minimum atomic E-state index is -0.899. The molecule has 0 aromatic carbocycles. The summed E-state index contributed by atoms with van der Waals surface area (Å²) in [6.45, 7) is 7.63. The van der Waals surface area contributed by atoms with Gasteiger partial charge in [0.05, 0.1) is 17.4 Å². The Morgan fingerprint density at radius 2 is 1.86 bits per heavy atom. The minimum Gasteiger partial charge on any atom is -0.465 e. The van der Waals surface area contributed by atoms with Crippen LogP contribution < -0.4 is 20.9 Å². The highest BCUT2D eigenvalue weighted by Crippen LogP contribution is 2.29. The molecule has 3 aromatic rings. The number of thiazole rings is 1. The number of nitrogens with two attached hydrogens (primary N) is 1. The first-order valence-corrected chi connectivity index (χ1v) is 12.6. The second-order valence-corrected chi connectivity index (χ2v) is 9.78. The molecular weight excluding hydrogens is 484 g/mol. The largest absolute Gasteiger partial charge is 0.465 e. The Hall–Kier alpha value is -3.94. The molecule has 0 saturated carbocycles. The van der Waals surface area contributed by atoms with Gasteiger partial charge >= 0.3 is 12.1 Å². The summed E-state index contributed by atoms with van der Waals surface area (Å²) in [6, 6.07) is 1.75. The van der Waals surface area contributed by atoms with Crippen molar-refractivity contribution in [3.05, 3.63) is 23.3 Å². The van der Waals surface area contributed by atoms with Gasteiger partial charge in [-0.3, -0.25) is 0 Å². The van der Waals surface area contributed by atoms with Crippen molar-refractivity contribution in [1.82, 2.24) is 29.7 Å². The smallest absolute Gasteiger partial charge is 0.407 e. The quantitative estimate of drug-likeness (QED) is 0.473. The number of urea groups is 1. The number of nitrogens with zero attached hydrogens (tertiary/aromatic N) is 8. The fourth-order valence-electron chi connectivity index (χ4n) is 4.59. The highest BCUT2D eigenvalue weighted by molar-refractivity contribution is 7.16. The van der Waals surface area contributed by atoms with Crippen molar-refractivity contribution in [3.63, 3.8) is 0 Å². The summed E-state index contributed by atoms with van der Waals surface area (Å²) in [6.07, 6.45) is 0.763. The molecule has 0 aliphatic carbocycles. The predicted molar refractivity (Wildman–Crippen MR) is 138 cm³/mol. The predicted octanol–water partition coefficient (Wildman–Crippen LogP) is 1.91. The Morgan fingerprint density at radius 1 is 1.11 bits per heavy atom. The molecule has 3 aromatic heterocycles. The highest BCUT2D eigenvalue weighted by atomic mass is 32.1. The van der Waals surface area contributed by atoms with Crippen LogP contribution in [0.1, 0.15) is 12.5 Å². The maximum atomic E-state index is 13.1. The molecule has 3 amide bonds. The number of anilines is 4. The van der Waals surface area contributed by atoms with E-state index in [1.54, 1.807) is 16.6 Å². The van der Waals surface area contributed by atoms with E-state index < -0.39 is 6.09 Å². The van der Waals surface area contributed by atoms with Gasteiger partial charge < -0.3 is 35.8 Å². The van der Waals surface area contributed by atoms with E-state index in [0.717, 1.165) is 21.7 Å². The number of amides is 3. The third kappa shape index (κ3) is 4.63. The van der Waals surface area contributed by atoms with Crippen LogP contribution in [0.5, 0.6) is 0 Å². The minimum absolute atomic E-state index is 0.00904. The first-order chi connectivity index (χ1) is 17.3. The van der Waals surface area contributed by atoms with Crippen LogP contribution in [0.25, 0.3) is 10.3 Å². The number of carboxylic acid groups (broad SMARTS) is 1. The Balaban J connectivity index is 1.21. The molecule has 2 aliphatic heterocycles.